The number of fused-ring (bicyclic) bond motifs is 8. The maximum atomic E-state index is 14.7. The van der Waals surface area contributed by atoms with Gasteiger partial charge in [0.15, 0.2) is 0 Å². The molecule has 3 aromatic heterocycles. The average Bonchev–Trinajstić information content (AvgIpc) is 3.77. The topological polar surface area (TPSA) is 156 Å². The van der Waals surface area contributed by atoms with Crippen LogP contribution >= 0.6 is 0 Å². The van der Waals surface area contributed by atoms with Crippen molar-refractivity contribution in [2.24, 2.45) is 0 Å². The highest BCUT2D eigenvalue weighted by Crippen LogP contribution is 2.43. The smallest absolute Gasteiger partial charge is 0.429 e. The van der Waals surface area contributed by atoms with Gasteiger partial charge in [-0.25, -0.2) is 9.97 Å². The van der Waals surface area contributed by atoms with Gasteiger partial charge in [-0.1, -0.05) is 6.08 Å². The van der Waals surface area contributed by atoms with Crippen LogP contribution in [0.4, 0.5) is 13.2 Å². The van der Waals surface area contributed by atoms with E-state index in [9.17, 15) is 32.7 Å². The summed E-state index contributed by atoms with van der Waals surface area (Å²) in [4.78, 5) is 52.7. The monoisotopic (exact) mass is 734 g/mol. The Kier molecular flexibility index (Phi) is 11.1. The number of alkyl halides is 3. The van der Waals surface area contributed by atoms with E-state index in [2.05, 4.69) is 16.5 Å². The van der Waals surface area contributed by atoms with Gasteiger partial charge in [0.2, 0.25) is 6.10 Å². The van der Waals surface area contributed by atoms with E-state index in [-0.39, 0.29) is 47.8 Å². The number of allylic oxidation sites excluding steroid dienone is 4. The number of nitrogens with zero attached hydrogens (tertiary/aromatic N) is 2. The highest BCUT2D eigenvalue weighted by Gasteiger charge is 2.46. The van der Waals surface area contributed by atoms with Gasteiger partial charge in [0.1, 0.15) is 0 Å². The molecular formula is C39H41F3N4O7. The third-order valence-corrected chi connectivity index (χ3v) is 9.61. The molecule has 14 heteroatoms. The number of aliphatic hydroxyl groups excluding tert-OH is 1. The first-order valence-corrected chi connectivity index (χ1v) is 16.8. The molecule has 11 nitrogen and oxygen atoms in total. The van der Waals surface area contributed by atoms with Crippen LogP contribution in [0.5, 0.6) is 0 Å². The molecule has 0 spiro atoms. The molecule has 0 aromatic carbocycles. The van der Waals surface area contributed by atoms with Gasteiger partial charge in [-0.3, -0.25) is 14.4 Å². The first kappa shape index (κ1) is 38.7. The number of carbonyl (C=O) groups is 3. The minimum absolute atomic E-state index is 0.00663. The number of rotatable bonds is 10. The second-order valence-electron chi connectivity index (χ2n) is 12.9. The Morgan fingerprint density at radius 3 is 1.68 bits per heavy atom. The zero-order valence-corrected chi connectivity index (χ0v) is 30.5. The minimum atomic E-state index is -4.98. The standard InChI is InChI=1S/C39H41F3N4O7/c1-9-33(48)36-20(4)27-14-25-18(2)23(10-12-34(49)51-7)29(43-25)17-30-24(11-13-35(50)52-8)19(3)26(44-30)15-32-37(38(39(40,41)42)53-22(6)47)21(5)28(46-32)16-31(36)45-27/h9,14-17,33,38,45-46,48H,1,10-13H2,2-8H3. The molecule has 0 fully saturated rings. The number of methoxy groups -OCH3 is 2. The Hall–Kier alpha value is -5.50. The normalized spacial score (nSPS) is 14.2. The predicted molar refractivity (Wildman–Crippen MR) is 194 cm³/mol. The molecule has 2 unspecified atom stereocenters. The first-order valence-electron chi connectivity index (χ1n) is 16.8. The fraction of sp³-hybridized carbons (Fsp3) is 0.359. The van der Waals surface area contributed by atoms with Crippen LogP contribution in [0.1, 0.15) is 104 Å². The molecule has 5 heterocycles. The Morgan fingerprint density at radius 1 is 0.774 bits per heavy atom. The number of aryl methyl sites for hydroxylation is 2. The van der Waals surface area contributed by atoms with Gasteiger partial charge in [0, 0.05) is 53.0 Å². The fourth-order valence-electron chi connectivity index (χ4n) is 6.73. The molecule has 3 aromatic rings. The van der Waals surface area contributed by atoms with Crippen LogP contribution in [-0.2, 0) is 28.6 Å². The number of nitrogens with one attached hydrogen (secondary N) is 2. The van der Waals surface area contributed by atoms with Crippen LogP contribution in [0.25, 0.3) is 44.4 Å². The molecule has 53 heavy (non-hydrogen) atoms. The molecule has 0 aliphatic carbocycles. The maximum Gasteiger partial charge on any atom is 0.429 e. The first-order chi connectivity index (χ1) is 25.0. The highest BCUT2D eigenvalue weighted by atomic mass is 19.4. The molecule has 2 aliphatic rings. The number of aliphatic hydroxyl groups is 1. The number of aromatic amines is 2. The van der Waals surface area contributed by atoms with E-state index in [0.717, 1.165) is 18.1 Å². The van der Waals surface area contributed by atoms with E-state index in [1.165, 1.54) is 33.3 Å². The van der Waals surface area contributed by atoms with Crippen LogP contribution in [0.2, 0.25) is 0 Å². The van der Waals surface area contributed by atoms with Crippen molar-refractivity contribution >= 4 is 62.3 Å². The van der Waals surface area contributed by atoms with Gasteiger partial charge in [-0.05, 0) is 98.2 Å². The van der Waals surface area contributed by atoms with E-state index < -0.39 is 36.3 Å². The second-order valence-corrected chi connectivity index (χ2v) is 12.9. The van der Waals surface area contributed by atoms with Crippen molar-refractivity contribution in [1.29, 1.82) is 0 Å². The number of ether oxygens (including phenoxy) is 3. The summed E-state index contributed by atoms with van der Waals surface area (Å²) in [6.45, 7) is 11.5. The lowest BCUT2D eigenvalue weighted by atomic mass is 9.98. The lowest BCUT2D eigenvalue weighted by Crippen LogP contribution is -2.25. The molecule has 280 valence electrons. The Balaban J connectivity index is 1.98. The van der Waals surface area contributed by atoms with Crippen LogP contribution in [0.15, 0.2) is 36.9 Å². The van der Waals surface area contributed by atoms with Gasteiger partial charge < -0.3 is 29.3 Å². The van der Waals surface area contributed by atoms with E-state index >= 15 is 0 Å². The van der Waals surface area contributed by atoms with Crippen molar-refractivity contribution in [1.82, 2.24) is 19.9 Å². The molecule has 5 rings (SSSR count). The average molecular weight is 735 g/mol. The minimum Gasteiger partial charge on any atom is -0.469 e. The number of hydrogen-bond donors (Lipinski definition) is 3. The van der Waals surface area contributed by atoms with E-state index in [1.807, 2.05) is 6.92 Å². The molecule has 0 radical (unpaired) electrons. The summed E-state index contributed by atoms with van der Waals surface area (Å²) in [5, 5.41) is 11.1. The van der Waals surface area contributed by atoms with Gasteiger partial charge in [-0.15, -0.1) is 6.58 Å². The van der Waals surface area contributed by atoms with E-state index in [4.69, 9.17) is 24.2 Å². The molecule has 8 bridgehead atoms. The van der Waals surface area contributed by atoms with Crippen molar-refractivity contribution in [3.05, 3.63) is 81.9 Å². The number of aromatic nitrogens is 4. The largest absolute Gasteiger partial charge is 0.469 e. The van der Waals surface area contributed by atoms with E-state index in [1.54, 1.807) is 32.0 Å². The second kappa shape index (κ2) is 15.2. The van der Waals surface area contributed by atoms with E-state index in [0.29, 0.717) is 56.1 Å². The molecule has 2 atom stereocenters. The summed E-state index contributed by atoms with van der Waals surface area (Å²) in [6, 6.07) is 6.57. The number of hydrogen-bond acceptors (Lipinski definition) is 9. The Bertz CT molecular complexity index is 2240. The third-order valence-electron chi connectivity index (χ3n) is 9.61. The fourth-order valence-corrected chi connectivity index (χ4v) is 6.73. The van der Waals surface area contributed by atoms with Gasteiger partial charge in [0.25, 0.3) is 0 Å². The lowest BCUT2D eigenvalue weighted by molar-refractivity contribution is -0.222. The summed E-state index contributed by atoms with van der Waals surface area (Å²) in [6.07, 6.45) is -6.83. The predicted octanol–water partition coefficient (Wildman–Crippen LogP) is 8.09. The molecule has 0 amide bonds. The van der Waals surface area contributed by atoms with Gasteiger partial charge in [0.05, 0.1) is 43.1 Å². The highest BCUT2D eigenvalue weighted by molar-refractivity contribution is 5.96. The Labute approximate surface area is 303 Å². The SMILES string of the molecule is C=CC(O)c1c(C)c2cc3nc(cc4nc(cc5[nH]c(cc1[nH]2)c(C)c5C(OC(C)=O)C(F)(F)F)C(C)=C4CCC(=O)OC)C(CCC(=O)OC)=C3C. The van der Waals surface area contributed by atoms with Crippen LogP contribution in [-0.4, -0.2) is 63.3 Å². The van der Waals surface area contributed by atoms with Crippen molar-refractivity contribution in [2.45, 2.75) is 78.7 Å². The quantitative estimate of drug-likeness (QED) is 0.106. The molecule has 3 N–H and O–H groups in total. The summed E-state index contributed by atoms with van der Waals surface area (Å²) in [5.41, 5.74) is 6.68. The number of halogens is 3. The number of H-pyrrole nitrogens is 2. The molecular weight excluding hydrogens is 693 g/mol. The lowest BCUT2D eigenvalue weighted by Gasteiger charge is -2.20. The zero-order valence-electron chi connectivity index (χ0n) is 30.5. The molecule has 2 aliphatic heterocycles. The molecule has 0 saturated heterocycles. The van der Waals surface area contributed by atoms with Gasteiger partial charge in [-0.2, -0.15) is 13.2 Å². The van der Waals surface area contributed by atoms with Crippen molar-refractivity contribution in [2.75, 3.05) is 14.2 Å². The van der Waals surface area contributed by atoms with Crippen LogP contribution in [0, 0.1) is 13.8 Å². The maximum absolute atomic E-state index is 14.7. The van der Waals surface area contributed by atoms with Gasteiger partial charge >= 0.3 is 24.1 Å². The summed E-state index contributed by atoms with van der Waals surface area (Å²) < 4.78 is 58.8. The number of carbonyl (C=O) groups excluding carboxylic acids is 3. The van der Waals surface area contributed by atoms with Crippen molar-refractivity contribution < 1.29 is 46.9 Å². The zero-order chi connectivity index (χ0) is 38.9. The summed E-state index contributed by atoms with van der Waals surface area (Å²) >= 11 is 0. The molecule has 0 saturated carbocycles. The Morgan fingerprint density at radius 2 is 1.23 bits per heavy atom. The summed E-state index contributed by atoms with van der Waals surface area (Å²) in [5.74, 6) is -2.00. The number of esters is 3. The van der Waals surface area contributed by atoms with Crippen LogP contribution < -0.4 is 0 Å². The summed E-state index contributed by atoms with van der Waals surface area (Å²) in [7, 11) is 2.58. The van der Waals surface area contributed by atoms with Crippen molar-refractivity contribution in [3.63, 3.8) is 0 Å². The third kappa shape index (κ3) is 7.82. The van der Waals surface area contributed by atoms with Crippen LogP contribution in [0.3, 0.4) is 0 Å². The van der Waals surface area contributed by atoms with Crippen molar-refractivity contribution in [3.8, 4) is 0 Å².